The van der Waals surface area contributed by atoms with E-state index >= 15 is 0 Å². The third-order valence-corrected chi connectivity index (χ3v) is 2.89. The molecule has 0 aliphatic heterocycles. The van der Waals surface area contributed by atoms with Crippen molar-refractivity contribution in [2.24, 2.45) is 5.92 Å². The minimum absolute atomic E-state index is 0.0624. The number of anilines is 1. The Balaban J connectivity index is 2.98. The third kappa shape index (κ3) is 4.42. The van der Waals surface area contributed by atoms with Gasteiger partial charge >= 0.3 is 0 Å². The molecule has 1 rings (SSSR count). The molecule has 0 aromatic heterocycles. The number of carbonyl (C=O) groups excluding carboxylic acids is 1. The molecule has 5 heteroatoms. The van der Waals surface area contributed by atoms with Gasteiger partial charge in [0.25, 0.3) is 5.91 Å². The average Bonchev–Trinajstić information content (AvgIpc) is 2.42. The molecular weight excluding hydrogens is 256 g/mol. The highest BCUT2D eigenvalue weighted by atomic mass is 16.5. The normalized spacial score (nSPS) is 10.7. The summed E-state index contributed by atoms with van der Waals surface area (Å²) in [7, 11) is 3.16. The van der Waals surface area contributed by atoms with Crippen LogP contribution in [0.1, 0.15) is 24.2 Å². The molecule has 1 aromatic rings. The van der Waals surface area contributed by atoms with Gasteiger partial charge in [-0.25, -0.2) is 0 Å². The van der Waals surface area contributed by atoms with Gasteiger partial charge in [-0.3, -0.25) is 4.79 Å². The molecule has 2 N–H and O–H groups in total. The number of ether oxygens (including phenoxy) is 2. The van der Waals surface area contributed by atoms with Gasteiger partial charge < -0.3 is 20.1 Å². The Morgan fingerprint density at radius 2 is 2.05 bits per heavy atom. The second-order valence-corrected chi connectivity index (χ2v) is 5.10. The molecule has 5 nitrogen and oxygen atoms in total. The summed E-state index contributed by atoms with van der Waals surface area (Å²) in [5, 5.41) is 0. The van der Waals surface area contributed by atoms with Crippen molar-refractivity contribution in [2.75, 3.05) is 39.6 Å². The van der Waals surface area contributed by atoms with E-state index in [1.54, 1.807) is 30.2 Å². The minimum Gasteiger partial charge on any atom is -0.496 e. The SMILES string of the molecule is COCCN(CC(C)C)C(=O)c1ccc(N)cc1OC. The Kier molecular flexibility index (Phi) is 6.31. The lowest BCUT2D eigenvalue weighted by atomic mass is 10.1. The van der Waals surface area contributed by atoms with Gasteiger partial charge in [0.15, 0.2) is 0 Å². The molecule has 0 aliphatic rings. The topological polar surface area (TPSA) is 64.8 Å². The van der Waals surface area contributed by atoms with Crippen molar-refractivity contribution in [1.29, 1.82) is 0 Å². The molecule has 0 spiro atoms. The summed E-state index contributed by atoms with van der Waals surface area (Å²) in [6.07, 6.45) is 0. The van der Waals surface area contributed by atoms with Crippen molar-refractivity contribution in [2.45, 2.75) is 13.8 Å². The molecule has 0 saturated carbocycles. The second-order valence-electron chi connectivity index (χ2n) is 5.10. The van der Waals surface area contributed by atoms with Gasteiger partial charge in [0, 0.05) is 32.0 Å². The molecule has 0 radical (unpaired) electrons. The Morgan fingerprint density at radius 3 is 2.60 bits per heavy atom. The largest absolute Gasteiger partial charge is 0.496 e. The van der Waals surface area contributed by atoms with Crippen LogP contribution in [-0.2, 0) is 4.74 Å². The maximum atomic E-state index is 12.6. The summed E-state index contributed by atoms with van der Waals surface area (Å²) >= 11 is 0. The number of benzene rings is 1. The first kappa shape index (κ1) is 16.3. The van der Waals surface area contributed by atoms with Gasteiger partial charge in [0.1, 0.15) is 5.75 Å². The Bertz CT molecular complexity index is 447. The highest BCUT2D eigenvalue weighted by Crippen LogP contribution is 2.23. The van der Waals surface area contributed by atoms with E-state index in [9.17, 15) is 4.79 Å². The average molecular weight is 280 g/mol. The third-order valence-electron chi connectivity index (χ3n) is 2.89. The highest BCUT2D eigenvalue weighted by Gasteiger charge is 2.20. The van der Waals surface area contributed by atoms with Crippen LogP contribution in [0.5, 0.6) is 5.75 Å². The fraction of sp³-hybridized carbons (Fsp3) is 0.533. The van der Waals surface area contributed by atoms with Crippen LogP contribution in [-0.4, -0.2) is 44.7 Å². The standard InChI is InChI=1S/C15H24N2O3/c1-11(2)10-17(7-8-19-3)15(18)13-6-5-12(16)9-14(13)20-4/h5-6,9,11H,7-8,10,16H2,1-4H3. The number of methoxy groups -OCH3 is 2. The molecule has 0 saturated heterocycles. The van der Waals surface area contributed by atoms with Crippen molar-refractivity contribution in [1.82, 2.24) is 4.90 Å². The van der Waals surface area contributed by atoms with E-state index < -0.39 is 0 Å². The lowest BCUT2D eigenvalue weighted by Crippen LogP contribution is -2.36. The van der Waals surface area contributed by atoms with Gasteiger partial charge in [-0.2, -0.15) is 0 Å². The predicted molar refractivity (Wildman–Crippen MR) is 80.0 cm³/mol. The molecule has 0 aliphatic carbocycles. The summed E-state index contributed by atoms with van der Waals surface area (Å²) in [6.45, 7) is 5.90. The Labute approximate surface area is 120 Å². The summed E-state index contributed by atoms with van der Waals surface area (Å²) < 4.78 is 10.3. The quantitative estimate of drug-likeness (QED) is 0.776. The molecule has 20 heavy (non-hydrogen) atoms. The highest BCUT2D eigenvalue weighted by molar-refractivity contribution is 5.97. The number of hydrogen-bond donors (Lipinski definition) is 1. The molecule has 0 bridgehead atoms. The summed E-state index contributed by atoms with van der Waals surface area (Å²) in [5.41, 5.74) is 6.82. The number of hydrogen-bond acceptors (Lipinski definition) is 4. The number of nitrogens with zero attached hydrogens (tertiary/aromatic N) is 1. The number of nitrogen functional groups attached to an aromatic ring is 1. The van der Waals surface area contributed by atoms with E-state index in [1.807, 2.05) is 0 Å². The van der Waals surface area contributed by atoms with Crippen LogP contribution in [0.15, 0.2) is 18.2 Å². The monoisotopic (exact) mass is 280 g/mol. The number of carbonyl (C=O) groups is 1. The molecule has 112 valence electrons. The molecule has 0 heterocycles. The molecule has 0 unspecified atom stereocenters. The lowest BCUT2D eigenvalue weighted by molar-refractivity contribution is 0.0669. The Hall–Kier alpha value is -1.75. The van der Waals surface area contributed by atoms with E-state index in [-0.39, 0.29) is 5.91 Å². The molecule has 1 aromatic carbocycles. The molecule has 1 amide bonds. The lowest BCUT2D eigenvalue weighted by Gasteiger charge is -2.25. The first-order valence-electron chi connectivity index (χ1n) is 6.71. The van der Waals surface area contributed by atoms with E-state index in [2.05, 4.69) is 13.8 Å². The van der Waals surface area contributed by atoms with Gasteiger partial charge in [0.05, 0.1) is 19.3 Å². The second kappa shape index (κ2) is 7.75. The molecule has 0 atom stereocenters. The van der Waals surface area contributed by atoms with E-state index in [0.717, 1.165) is 0 Å². The smallest absolute Gasteiger partial charge is 0.257 e. The van der Waals surface area contributed by atoms with Gasteiger partial charge in [-0.05, 0) is 18.1 Å². The van der Waals surface area contributed by atoms with Crippen LogP contribution in [0.4, 0.5) is 5.69 Å². The van der Waals surface area contributed by atoms with Crippen LogP contribution in [0, 0.1) is 5.92 Å². The van der Waals surface area contributed by atoms with E-state index in [0.29, 0.717) is 42.6 Å². The summed E-state index contributed by atoms with van der Waals surface area (Å²) in [6, 6.07) is 5.08. The van der Waals surface area contributed by atoms with Crippen molar-refractivity contribution in [3.63, 3.8) is 0 Å². The number of rotatable bonds is 7. The zero-order valence-corrected chi connectivity index (χ0v) is 12.7. The maximum absolute atomic E-state index is 12.6. The van der Waals surface area contributed by atoms with E-state index in [1.165, 1.54) is 7.11 Å². The number of nitrogens with two attached hydrogens (primary N) is 1. The maximum Gasteiger partial charge on any atom is 0.257 e. The minimum atomic E-state index is -0.0624. The Morgan fingerprint density at radius 1 is 1.35 bits per heavy atom. The fourth-order valence-electron chi connectivity index (χ4n) is 1.97. The van der Waals surface area contributed by atoms with Crippen LogP contribution < -0.4 is 10.5 Å². The van der Waals surface area contributed by atoms with E-state index in [4.69, 9.17) is 15.2 Å². The van der Waals surface area contributed by atoms with Crippen LogP contribution in [0.3, 0.4) is 0 Å². The fourth-order valence-corrected chi connectivity index (χ4v) is 1.97. The molecule has 0 fully saturated rings. The van der Waals surface area contributed by atoms with Crippen LogP contribution >= 0.6 is 0 Å². The summed E-state index contributed by atoms with van der Waals surface area (Å²) in [5.74, 6) is 0.823. The number of amides is 1. The first-order chi connectivity index (χ1) is 9.49. The van der Waals surface area contributed by atoms with Crippen molar-refractivity contribution in [3.05, 3.63) is 23.8 Å². The van der Waals surface area contributed by atoms with Crippen molar-refractivity contribution >= 4 is 11.6 Å². The van der Waals surface area contributed by atoms with Crippen LogP contribution in [0.2, 0.25) is 0 Å². The van der Waals surface area contributed by atoms with Gasteiger partial charge in [-0.15, -0.1) is 0 Å². The van der Waals surface area contributed by atoms with Gasteiger partial charge in [-0.1, -0.05) is 13.8 Å². The summed E-state index contributed by atoms with van der Waals surface area (Å²) in [4.78, 5) is 14.4. The van der Waals surface area contributed by atoms with Crippen LogP contribution in [0.25, 0.3) is 0 Å². The first-order valence-corrected chi connectivity index (χ1v) is 6.71. The van der Waals surface area contributed by atoms with Gasteiger partial charge in [0.2, 0.25) is 0 Å². The zero-order chi connectivity index (χ0) is 15.1. The van der Waals surface area contributed by atoms with Crippen molar-refractivity contribution in [3.8, 4) is 5.75 Å². The van der Waals surface area contributed by atoms with Crippen molar-refractivity contribution < 1.29 is 14.3 Å². The molecular formula is C15H24N2O3. The zero-order valence-electron chi connectivity index (χ0n) is 12.7. The predicted octanol–water partition coefficient (Wildman–Crippen LogP) is 2.02.